The second-order valence-electron chi connectivity index (χ2n) is 3.24. The Balaban J connectivity index is 3.21. The lowest BCUT2D eigenvalue weighted by atomic mass is 10.1. The molecule has 0 atom stereocenters. The van der Waals surface area contributed by atoms with Crippen molar-refractivity contribution in [3.8, 4) is 17.2 Å². The number of phenolic OH excluding ortho intramolecular Hbond substituents is 1. The minimum Gasteiger partial charge on any atom is -0.502 e. The number of phenols is 1. The van der Waals surface area contributed by atoms with Crippen molar-refractivity contribution in [3.05, 3.63) is 17.7 Å². The van der Waals surface area contributed by atoms with Crippen LogP contribution in [0, 0.1) is 0 Å². The number of aromatic hydroxyl groups is 1. The van der Waals surface area contributed by atoms with Gasteiger partial charge >= 0.3 is 0 Å². The Morgan fingerprint density at radius 1 is 1.19 bits per heavy atom. The molecule has 0 amide bonds. The zero-order valence-corrected chi connectivity index (χ0v) is 9.74. The lowest BCUT2D eigenvalue weighted by Gasteiger charge is -2.12. The van der Waals surface area contributed by atoms with Crippen LogP contribution in [0.3, 0.4) is 0 Å². The van der Waals surface area contributed by atoms with Crippen LogP contribution >= 0.6 is 0 Å². The molecule has 1 aromatic rings. The predicted molar refractivity (Wildman–Crippen MR) is 60.4 cm³/mol. The van der Waals surface area contributed by atoms with E-state index in [1.54, 1.807) is 13.8 Å². The maximum absolute atomic E-state index is 11.3. The highest BCUT2D eigenvalue weighted by molar-refractivity contribution is 5.95. The second-order valence-corrected chi connectivity index (χ2v) is 3.24. The average molecular weight is 224 g/mol. The van der Waals surface area contributed by atoms with Crippen LogP contribution in [0.1, 0.15) is 31.1 Å². The fourth-order valence-corrected chi connectivity index (χ4v) is 1.32. The van der Waals surface area contributed by atoms with E-state index in [0.29, 0.717) is 18.8 Å². The summed E-state index contributed by atoms with van der Waals surface area (Å²) >= 11 is 0. The van der Waals surface area contributed by atoms with Crippen LogP contribution in [0.2, 0.25) is 0 Å². The Kier molecular flexibility index (Phi) is 4.17. The minimum atomic E-state index is -0.0955. The molecule has 0 heterocycles. The van der Waals surface area contributed by atoms with Gasteiger partial charge in [-0.3, -0.25) is 4.79 Å². The first-order valence-electron chi connectivity index (χ1n) is 5.23. The number of benzene rings is 1. The van der Waals surface area contributed by atoms with Gasteiger partial charge in [0.1, 0.15) is 0 Å². The third-order valence-corrected chi connectivity index (χ3v) is 2.05. The summed E-state index contributed by atoms with van der Waals surface area (Å²) in [6.45, 7) is 5.90. The molecule has 16 heavy (non-hydrogen) atoms. The average Bonchev–Trinajstić information content (AvgIpc) is 2.24. The molecule has 4 heteroatoms. The molecule has 1 rings (SSSR count). The minimum absolute atomic E-state index is 0.0614. The van der Waals surface area contributed by atoms with Gasteiger partial charge in [0.05, 0.1) is 13.2 Å². The fraction of sp³-hybridized carbons (Fsp3) is 0.417. The quantitative estimate of drug-likeness (QED) is 0.780. The van der Waals surface area contributed by atoms with Gasteiger partial charge in [-0.25, -0.2) is 0 Å². The molecule has 0 aliphatic heterocycles. The molecule has 1 aromatic carbocycles. The molecule has 0 saturated heterocycles. The molecule has 0 saturated carbocycles. The summed E-state index contributed by atoms with van der Waals surface area (Å²) in [6.07, 6.45) is 0. The summed E-state index contributed by atoms with van der Waals surface area (Å²) in [5.74, 6) is 0.396. The summed E-state index contributed by atoms with van der Waals surface area (Å²) in [6, 6.07) is 3.04. The van der Waals surface area contributed by atoms with Crippen molar-refractivity contribution in [1.29, 1.82) is 0 Å². The summed E-state index contributed by atoms with van der Waals surface area (Å²) in [7, 11) is 0. The largest absolute Gasteiger partial charge is 0.502 e. The van der Waals surface area contributed by atoms with Crippen LogP contribution in [-0.4, -0.2) is 24.1 Å². The van der Waals surface area contributed by atoms with Gasteiger partial charge in [0.15, 0.2) is 17.3 Å². The Hall–Kier alpha value is -1.71. The SMILES string of the molecule is CCOc1cc(C(C)=O)cc(OCC)c1O. The highest BCUT2D eigenvalue weighted by atomic mass is 16.5. The third-order valence-electron chi connectivity index (χ3n) is 2.05. The van der Waals surface area contributed by atoms with Gasteiger partial charge in [0.2, 0.25) is 5.75 Å². The standard InChI is InChI=1S/C12H16O4/c1-4-15-10-6-9(8(3)13)7-11(12(10)14)16-5-2/h6-7,14H,4-5H2,1-3H3. The molecule has 0 aliphatic carbocycles. The van der Waals surface area contributed by atoms with Crippen LogP contribution < -0.4 is 9.47 Å². The van der Waals surface area contributed by atoms with E-state index < -0.39 is 0 Å². The van der Waals surface area contributed by atoms with E-state index in [2.05, 4.69) is 0 Å². The summed E-state index contributed by atoms with van der Waals surface area (Å²) < 4.78 is 10.5. The van der Waals surface area contributed by atoms with Gasteiger partial charge < -0.3 is 14.6 Å². The molecule has 0 fully saturated rings. The van der Waals surface area contributed by atoms with E-state index in [1.807, 2.05) is 0 Å². The van der Waals surface area contributed by atoms with Crippen LogP contribution in [0.25, 0.3) is 0 Å². The smallest absolute Gasteiger partial charge is 0.200 e. The first-order chi connectivity index (χ1) is 7.60. The predicted octanol–water partition coefficient (Wildman–Crippen LogP) is 2.39. The second kappa shape index (κ2) is 5.39. The molecule has 0 aliphatic rings. The first-order valence-corrected chi connectivity index (χ1v) is 5.23. The number of hydrogen-bond donors (Lipinski definition) is 1. The van der Waals surface area contributed by atoms with Gasteiger partial charge in [-0.05, 0) is 32.9 Å². The number of rotatable bonds is 5. The van der Waals surface area contributed by atoms with Gasteiger partial charge in [0, 0.05) is 5.56 Å². The van der Waals surface area contributed by atoms with Gasteiger partial charge in [-0.1, -0.05) is 0 Å². The summed E-state index contributed by atoms with van der Waals surface area (Å²) in [5.41, 5.74) is 0.463. The highest BCUT2D eigenvalue weighted by Crippen LogP contribution is 2.37. The number of ketones is 1. The van der Waals surface area contributed by atoms with Crippen molar-refractivity contribution in [2.45, 2.75) is 20.8 Å². The maximum atomic E-state index is 11.3. The van der Waals surface area contributed by atoms with Crippen molar-refractivity contribution < 1.29 is 19.4 Å². The Labute approximate surface area is 94.8 Å². The Morgan fingerprint density at radius 2 is 1.62 bits per heavy atom. The number of carbonyl (C=O) groups is 1. The van der Waals surface area contributed by atoms with Crippen molar-refractivity contribution in [1.82, 2.24) is 0 Å². The van der Waals surface area contributed by atoms with Crippen molar-refractivity contribution in [2.75, 3.05) is 13.2 Å². The third kappa shape index (κ3) is 2.66. The fourth-order valence-electron chi connectivity index (χ4n) is 1.32. The molecule has 0 bridgehead atoms. The monoisotopic (exact) mass is 224 g/mol. The van der Waals surface area contributed by atoms with E-state index in [9.17, 15) is 9.90 Å². The number of ether oxygens (including phenoxy) is 2. The van der Waals surface area contributed by atoms with Crippen LogP contribution in [-0.2, 0) is 0 Å². The molecule has 4 nitrogen and oxygen atoms in total. The van der Waals surface area contributed by atoms with Crippen LogP contribution in [0.4, 0.5) is 0 Å². The Bertz CT molecular complexity index is 358. The first kappa shape index (κ1) is 12.4. The molecule has 1 N–H and O–H groups in total. The number of carbonyl (C=O) groups excluding carboxylic acids is 1. The van der Waals surface area contributed by atoms with Gasteiger partial charge in [-0.15, -0.1) is 0 Å². The van der Waals surface area contributed by atoms with Crippen LogP contribution in [0.15, 0.2) is 12.1 Å². The molecule has 0 spiro atoms. The summed E-state index contributed by atoms with van der Waals surface area (Å²) in [5, 5.41) is 9.80. The Morgan fingerprint density at radius 3 is 1.94 bits per heavy atom. The number of Topliss-reactive ketones (excluding diaryl/α,β-unsaturated/α-hetero) is 1. The zero-order valence-electron chi connectivity index (χ0n) is 9.74. The van der Waals surface area contributed by atoms with E-state index >= 15 is 0 Å². The molecule has 0 unspecified atom stereocenters. The van der Waals surface area contributed by atoms with Crippen molar-refractivity contribution in [3.63, 3.8) is 0 Å². The van der Waals surface area contributed by atoms with E-state index in [0.717, 1.165) is 0 Å². The topological polar surface area (TPSA) is 55.8 Å². The highest BCUT2D eigenvalue weighted by Gasteiger charge is 2.13. The lowest BCUT2D eigenvalue weighted by molar-refractivity contribution is 0.101. The van der Waals surface area contributed by atoms with Gasteiger partial charge in [-0.2, -0.15) is 0 Å². The molecule has 0 aromatic heterocycles. The van der Waals surface area contributed by atoms with Crippen molar-refractivity contribution >= 4 is 5.78 Å². The lowest BCUT2D eigenvalue weighted by Crippen LogP contribution is -2.00. The summed E-state index contributed by atoms with van der Waals surface area (Å²) in [4.78, 5) is 11.3. The molecule has 88 valence electrons. The van der Waals surface area contributed by atoms with E-state index in [4.69, 9.17) is 9.47 Å². The van der Waals surface area contributed by atoms with E-state index in [1.165, 1.54) is 19.1 Å². The number of hydrogen-bond acceptors (Lipinski definition) is 4. The van der Waals surface area contributed by atoms with Crippen LogP contribution in [0.5, 0.6) is 17.2 Å². The van der Waals surface area contributed by atoms with E-state index in [-0.39, 0.29) is 23.0 Å². The molecular weight excluding hydrogens is 208 g/mol. The molecular formula is C12H16O4. The maximum Gasteiger partial charge on any atom is 0.200 e. The molecule has 0 radical (unpaired) electrons. The normalized spacial score (nSPS) is 9.94. The van der Waals surface area contributed by atoms with Crippen molar-refractivity contribution in [2.24, 2.45) is 0 Å². The van der Waals surface area contributed by atoms with Gasteiger partial charge in [0.25, 0.3) is 0 Å². The zero-order chi connectivity index (χ0) is 12.1.